The summed E-state index contributed by atoms with van der Waals surface area (Å²) < 4.78 is 0. The molecule has 0 fully saturated rings. The Kier molecular flexibility index (Phi) is 3.69. The molecule has 0 amide bonds. The van der Waals surface area contributed by atoms with E-state index in [1.54, 1.807) is 6.07 Å². The third-order valence-electron chi connectivity index (χ3n) is 2.06. The molecule has 0 saturated heterocycles. The molecule has 15 heavy (non-hydrogen) atoms. The lowest BCUT2D eigenvalue weighted by Gasteiger charge is -2.23. The molecule has 0 unspecified atom stereocenters. The molecule has 1 nitrogen and oxygen atoms in total. The van der Waals surface area contributed by atoms with Gasteiger partial charge in [-0.15, -0.1) is 0 Å². The summed E-state index contributed by atoms with van der Waals surface area (Å²) in [6, 6.07) is 5.35. The van der Waals surface area contributed by atoms with Crippen molar-refractivity contribution in [3.63, 3.8) is 0 Å². The summed E-state index contributed by atoms with van der Waals surface area (Å²) in [4.78, 5) is 0. The summed E-state index contributed by atoms with van der Waals surface area (Å²) >= 11 is 11.8. The SMILES string of the molecule is C=C(Nc1cc(Cl)cc(Cl)c1)C(C)(C)C. The van der Waals surface area contributed by atoms with Gasteiger partial charge in [-0.1, -0.05) is 50.6 Å². The predicted molar refractivity (Wildman–Crippen MR) is 68.7 cm³/mol. The van der Waals surface area contributed by atoms with E-state index in [9.17, 15) is 0 Å². The van der Waals surface area contributed by atoms with Gasteiger partial charge in [-0.2, -0.15) is 0 Å². The second-order valence-electron chi connectivity index (χ2n) is 4.51. The summed E-state index contributed by atoms with van der Waals surface area (Å²) in [5.41, 5.74) is 1.81. The third-order valence-corrected chi connectivity index (χ3v) is 2.50. The first kappa shape index (κ1) is 12.4. The Morgan fingerprint density at radius 2 is 1.60 bits per heavy atom. The lowest BCUT2D eigenvalue weighted by molar-refractivity contribution is 0.510. The quantitative estimate of drug-likeness (QED) is 0.774. The largest absolute Gasteiger partial charge is 0.359 e. The lowest BCUT2D eigenvalue weighted by Crippen LogP contribution is -2.15. The highest BCUT2D eigenvalue weighted by atomic mass is 35.5. The van der Waals surface area contributed by atoms with Crippen molar-refractivity contribution in [2.24, 2.45) is 5.41 Å². The van der Waals surface area contributed by atoms with Crippen LogP contribution in [0.2, 0.25) is 10.0 Å². The van der Waals surface area contributed by atoms with Gasteiger partial charge in [0.1, 0.15) is 0 Å². The van der Waals surface area contributed by atoms with E-state index in [-0.39, 0.29) is 5.41 Å². The Labute approximate surface area is 101 Å². The van der Waals surface area contributed by atoms with Crippen LogP contribution in [0.4, 0.5) is 5.69 Å². The second-order valence-corrected chi connectivity index (χ2v) is 5.38. The van der Waals surface area contributed by atoms with E-state index in [4.69, 9.17) is 23.2 Å². The second kappa shape index (κ2) is 4.46. The van der Waals surface area contributed by atoms with Crippen molar-refractivity contribution in [3.8, 4) is 0 Å². The van der Waals surface area contributed by atoms with Gasteiger partial charge in [0.15, 0.2) is 0 Å². The molecule has 1 rings (SSSR count). The van der Waals surface area contributed by atoms with Crippen LogP contribution < -0.4 is 5.32 Å². The normalized spacial score (nSPS) is 11.3. The molecule has 0 atom stereocenters. The molecule has 1 aromatic carbocycles. The molecule has 82 valence electrons. The Morgan fingerprint density at radius 3 is 2.00 bits per heavy atom. The number of halogens is 2. The maximum atomic E-state index is 5.89. The maximum absolute atomic E-state index is 5.89. The first-order valence-electron chi connectivity index (χ1n) is 4.71. The molecule has 0 heterocycles. The van der Waals surface area contributed by atoms with Crippen LogP contribution in [0, 0.1) is 5.41 Å². The van der Waals surface area contributed by atoms with Crippen LogP contribution in [0.25, 0.3) is 0 Å². The molecule has 0 saturated carbocycles. The summed E-state index contributed by atoms with van der Waals surface area (Å²) in [5.74, 6) is 0. The standard InChI is InChI=1S/C12H15Cl2N/c1-8(12(2,3)4)15-11-6-9(13)5-10(14)7-11/h5-7,15H,1H2,2-4H3. The maximum Gasteiger partial charge on any atom is 0.0441 e. The summed E-state index contributed by atoms with van der Waals surface area (Å²) in [6.45, 7) is 10.3. The van der Waals surface area contributed by atoms with Crippen LogP contribution >= 0.6 is 23.2 Å². The minimum atomic E-state index is 0.00872. The molecule has 3 heteroatoms. The zero-order valence-electron chi connectivity index (χ0n) is 9.20. The average molecular weight is 244 g/mol. The van der Waals surface area contributed by atoms with E-state index < -0.39 is 0 Å². The lowest BCUT2D eigenvalue weighted by atomic mass is 9.93. The van der Waals surface area contributed by atoms with Gasteiger partial charge in [0.2, 0.25) is 0 Å². The Bertz CT molecular complexity index is 357. The van der Waals surface area contributed by atoms with Gasteiger partial charge >= 0.3 is 0 Å². The number of nitrogens with one attached hydrogen (secondary N) is 1. The Morgan fingerprint density at radius 1 is 1.13 bits per heavy atom. The van der Waals surface area contributed by atoms with Gasteiger partial charge in [-0.05, 0) is 18.2 Å². The van der Waals surface area contributed by atoms with Crippen LogP contribution in [0.5, 0.6) is 0 Å². The summed E-state index contributed by atoms with van der Waals surface area (Å²) in [7, 11) is 0. The van der Waals surface area contributed by atoms with E-state index in [1.165, 1.54) is 0 Å². The van der Waals surface area contributed by atoms with Crippen molar-refractivity contribution in [1.82, 2.24) is 0 Å². The van der Waals surface area contributed by atoms with Gasteiger partial charge < -0.3 is 5.32 Å². The van der Waals surface area contributed by atoms with Crippen molar-refractivity contribution in [2.45, 2.75) is 20.8 Å². The number of allylic oxidation sites excluding steroid dienone is 1. The highest BCUT2D eigenvalue weighted by Crippen LogP contribution is 2.28. The first-order chi connectivity index (χ1) is 6.79. The van der Waals surface area contributed by atoms with Crippen molar-refractivity contribution in [2.75, 3.05) is 5.32 Å². The van der Waals surface area contributed by atoms with Gasteiger partial charge in [0.05, 0.1) is 0 Å². The monoisotopic (exact) mass is 243 g/mol. The van der Waals surface area contributed by atoms with E-state index >= 15 is 0 Å². The number of hydrogen-bond donors (Lipinski definition) is 1. The van der Waals surface area contributed by atoms with Crippen LogP contribution in [0.3, 0.4) is 0 Å². The molecule has 0 aliphatic rings. The molecule has 0 aliphatic heterocycles. The van der Waals surface area contributed by atoms with Crippen LogP contribution in [0.15, 0.2) is 30.5 Å². The molecule has 1 aromatic rings. The van der Waals surface area contributed by atoms with Gasteiger partial charge in [-0.3, -0.25) is 0 Å². The highest BCUT2D eigenvalue weighted by Gasteiger charge is 2.14. The van der Waals surface area contributed by atoms with Gasteiger partial charge in [-0.25, -0.2) is 0 Å². The fourth-order valence-electron chi connectivity index (χ4n) is 0.988. The van der Waals surface area contributed by atoms with Crippen molar-refractivity contribution in [1.29, 1.82) is 0 Å². The van der Waals surface area contributed by atoms with Crippen LogP contribution in [-0.2, 0) is 0 Å². The topological polar surface area (TPSA) is 12.0 Å². The molecule has 0 radical (unpaired) electrons. The van der Waals surface area contributed by atoms with E-state index in [0.717, 1.165) is 11.4 Å². The van der Waals surface area contributed by atoms with Crippen molar-refractivity contribution >= 4 is 28.9 Å². The average Bonchev–Trinajstić information content (AvgIpc) is 1.99. The van der Waals surface area contributed by atoms with E-state index in [0.29, 0.717) is 10.0 Å². The minimum absolute atomic E-state index is 0.00872. The zero-order chi connectivity index (χ0) is 11.6. The molecule has 1 N–H and O–H groups in total. The predicted octanol–water partition coefficient (Wildman–Crippen LogP) is 4.97. The minimum Gasteiger partial charge on any atom is -0.359 e. The number of benzene rings is 1. The summed E-state index contributed by atoms with van der Waals surface area (Å²) in [6.07, 6.45) is 0. The summed E-state index contributed by atoms with van der Waals surface area (Å²) in [5, 5.41) is 4.43. The Hall–Kier alpha value is -0.660. The van der Waals surface area contributed by atoms with Crippen LogP contribution in [-0.4, -0.2) is 0 Å². The molecule has 0 bridgehead atoms. The molecule has 0 spiro atoms. The fraction of sp³-hybridized carbons (Fsp3) is 0.333. The molecular formula is C12H15Cl2N. The third kappa shape index (κ3) is 3.77. The van der Waals surface area contributed by atoms with Crippen molar-refractivity contribution in [3.05, 3.63) is 40.5 Å². The fourth-order valence-corrected chi connectivity index (χ4v) is 1.51. The number of hydrogen-bond acceptors (Lipinski definition) is 1. The van der Waals surface area contributed by atoms with Gasteiger partial charge in [0.25, 0.3) is 0 Å². The smallest absolute Gasteiger partial charge is 0.0441 e. The number of anilines is 1. The molecule has 0 aromatic heterocycles. The molecule has 0 aliphatic carbocycles. The van der Waals surface area contributed by atoms with Crippen LogP contribution in [0.1, 0.15) is 20.8 Å². The molecular weight excluding hydrogens is 229 g/mol. The number of rotatable bonds is 2. The van der Waals surface area contributed by atoms with Gasteiger partial charge in [0, 0.05) is 26.8 Å². The zero-order valence-corrected chi connectivity index (χ0v) is 10.7. The highest BCUT2D eigenvalue weighted by molar-refractivity contribution is 6.35. The Balaban J connectivity index is 2.86. The van der Waals surface area contributed by atoms with E-state index in [1.807, 2.05) is 12.1 Å². The van der Waals surface area contributed by atoms with Crippen molar-refractivity contribution < 1.29 is 0 Å². The van der Waals surface area contributed by atoms with E-state index in [2.05, 4.69) is 32.7 Å². The first-order valence-corrected chi connectivity index (χ1v) is 5.47.